The second kappa shape index (κ2) is 7.47. The first-order chi connectivity index (χ1) is 10.9. The van der Waals surface area contributed by atoms with Gasteiger partial charge in [-0.05, 0) is 37.1 Å². The molecule has 1 aliphatic rings. The van der Waals surface area contributed by atoms with Gasteiger partial charge >= 0.3 is 0 Å². The van der Waals surface area contributed by atoms with E-state index in [0.717, 1.165) is 37.3 Å². The van der Waals surface area contributed by atoms with Crippen molar-refractivity contribution in [2.45, 2.75) is 50.9 Å². The summed E-state index contributed by atoms with van der Waals surface area (Å²) in [6, 6.07) is 12.1. The second-order valence-corrected chi connectivity index (χ2v) is 5.99. The summed E-state index contributed by atoms with van der Waals surface area (Å²) >= 11 is 0. The SMILES string of the molecule is c1ccc(CNC2(NCc3ccccn3)CCCCC2)nc1. The molecule has 22 heavy (non-hydrogen) atoms. The molecule has 2 heterocycles. The molecule has 0 bridgehead atoms. The summed E-state index contributed by atoms with van der Waals surface area (Å²) in [5, 5.41) is 7.44. The van der Waals surface area contributed by atoms with Crippen LogP contribution in [0.15, 0.2) is 48.8 Å². The number of rotatable bonds is 6. The fraction of sp³-hybridized carbons (Fsp3) is 0.444. The summed E-state index contributed by atoms with van der Waals surface area (Å²) in [6.45, 7) is 1.60. The third-order valence-corrected chi connectivity index (χ3v) is 4.38. The molecule has 0 aromatic carbocycles. The van der Waals surface area contributed by atoms with Crippen molar-refractivity contribution in [1.82, 2.24) is 20.6 Å². The zero-order valence-corrected chi connectivity index (χ0v) is 13.0. The normalized spacial score (nSPS) is 17.3. The summed E-state index contributed by atoms with van der Waals surface area (Å²) in [6.07, 6.45) is 9.89. The van der Waals surface area contributed by atoms with E-state index >= 15 is 0 Å². The number of nitrogens with zero attached hydrogens (tertiary/aromatic N) is 2. The predicted octanol–water partition coefficient (Wildman–Crippen LogP) is 3.02. The van der Waals surface area contributed by atoms with Gasteiger partial charge in [0, 0.05) is 25.5 Å². The molecule has 1 saturated carbocycles. The molecule has 116 valence electrons. The summed E-state index contributed by atoms with van der Waals surface area (Å²) < 4.78 is 0. The lowest BCUT2D eigenvalue weighted by atomic mass is 9.88. The van der Waals surface area contributed by atoms with E-state index in [1.54, 1.807) is 0 Å². The van der Waals surface area contributed by atoms with Crippen LogP contribution in [0.25, 0.3) is 0 Å². The summed E-state index contributed by atoms with van der Waals surface area (Å²) in [7, 11) is 0. The molecule has 3 rings (SSSR count). The first-order valence-corrected chi connectivity index (χ1v) is 8.16. The lowest BCUT2D eigenvalue weighted by Crippen LogP contribution is -2.57. The van der Waals surface area contributed by atoms with Gasteiger partial charge in [0.25, 0.3) is 0 Å². The number of hydrogen-bond acceptors (Lipinski definition) is 4. The van der Waals surface area contributed by atoms with E-state index in [-0.39, 0.29) is 5.66 Å². The van der Waals surface area contributed by atoms with Gasteiger partial charge in [0.2, 0.25) is 0 Å². The van der Waals surface area contributed by atoms with Crippen LogP contribution in [0.2, 0.25) is 0 Å². The van der Waals surface area contributed by atoms with Crippen LogP contribution in [-0.2, 0) is 13.1 Å². The maximum Gasteiger partial charge on any atom is 0.0693 e. The largest absolute Gasteiger partial charge is 0.294 e. The monoisotopic (exact) mass is 296 g/mol. The van der Waals surface area contributed by atoms with E-state index in [4.69, 9.17) is 0 Å². The maximum absolute atomic E-state index is 4.41. The Balaban J connectivity index is 1.62. The van der Waals surface area contributed by atoms with Gasteiger partial charge in [-0.1, -0.05) is 31.4 Å². The average molecular weight is 296 g/mol. The average Bonchev–Trinajstić information content (AvgIpc) is 2.61. The minimum absolute atomic E-state index is 0.00723. The van der Waals surface area contributed by atoms with Crippen molar-refractivity contribution in [1.29, 1.82) is 0 Å². The molecule has 0 atom stereocenters. The van der Waals surface area contributed by atoms with Gasteiger partial charge < -0.3 is 0 Å². The molecule has 4 heteroatoms. The van der Waals surface area contributed by atoms with E-state index in [0.29, 0.717) is 0 Å². The van der Waals surface area contributed by atoms with Crippen molar-refractivity contribution in [3.63, 3.8) is 0 Å². The third kappa shape index (κ3) is 4.12. The molecule has 0 saturated heterocycles. The quantitative estimate of drug-likeness (QED) is 0.805. The highest BCUT2D eigenvalue weighted by Gasteiger charge is 2.30. The van der Waals surface area contributed by atoms with Crippen LogP contribution in [0.5, 0.6) is 0 Å². The van der Waals surface area contributed by atoms with Crippen molar-refractivity contribution >= 4 is 0 Å². The van der Waals surface area contributed by atoms with Gasteiger partial charge in [-0.3, -0.25) is 20.6 Å². The highest BCUT2D eigenvalue weighted by Crippen LogP contribution is 2.26. The third-order valence-electron chi connectivity index (χ3n) is 4.38. The number of nitrogens with one attached hydrogen (secondary N) is 2. The molecule has 0 aliphatic heterocycles. The Labute approximate surface area is 132 Å². The van der Waals surface area contributed by atoms with E-state index < -0.39 is 0 Å². The van der Waals surface area contributed by atoms with E-state index in [9.17, 15) is 0 Å². The Hall–Kier alpha value is -1.78. The predicted molar refractivity (Wildman–Crippen MR) is 88.0 cm³/mol. The van der Waals surface area contributed by atoms with Gasteiger partial charge in [0.15, 0.2) is 0 Å². The topological polar surface area (TPSA) is 49.8 Å². The zero-order valence-electron chi connectivity index (χ0n) is 13.0. The van der Waals surface area contributed by atoms with E-state index in [1.165, 1.54) is 19.3 Å². The standard InChI is InChI=1S/C18H24N4/c1-4-10-18(11-5-1,21-14-16-8-2-6-12-19-16)22-15-17-9-3-7-13-20-17/h2-3,6-9,12-13,21-22H,1,4-5,10-11,14-15H2. The van der Waals surface area contributed by atoms with E-state index in [1.807, 2.05) is 36.7 Å². The Bertz CT molecular complexity index is 504. The minimum Gasteiger partial charge on any atom is -0.294 e. The molecule has 0 amide bonds. The van der Waals surface area contributed by atoms with Crippen LogP contribution in [0.4, 0.5) is 0 Å². The number of aromatic nitrogens is 2. The van der Waals surface area contributed by atoms with Crippen LogP contribution in [0, 0.1) is 0 Å². The van der Waals surface area contributed by atoms with Crippen molar-refractivity contribution in [2.75, 3.05) is 0 Å². The second-order valence-electron chi connectivity index (χ2n) is 5.99. The number of hydrogen-bond donors (Lipinski definition) is 2. The van der Waals surface area contributed by atoms with Gasteiger partial charge in [-0.2, -0.15) is 0 Å². The Morgan fingerprint density at radius 1 is 0.773 bits per heavy atom. The molecule has 2 aromatic rings. The minimum atomic E-state index is 0.00723. The van der Waals surface area contributed by atoms with Gasteiger partial charge in [-0.25, -0.2) is 0 Å². The van der Waals surface area contributed by atoms with Crippen LogP contribution >= 0.6 is 0 Å². The van der Waals surface area contributed by atoms with Gasteiger partial charge in [0.05, 0.1) is 17.1 Å². The molecule has 1 aliphatic carbocycles. The molecule has 2 aromatic heterocycles. The molecule has 2 N–H and O–H groups in total. The van der Waals surface area contributed by atoms with Gasteiger partial charge in [-0.15, -0.1) is 0 Å². The highest BCUT2D eigenvalue weighted by atomic mass is 15.2. The molecular weight excluding hydrogens is 272 g/mol. The lowest BCUT2D eigenvalue weighted by Gasteiger charge is -2.39. The molecule has 0 radical (unpaired) electrons. The Morgan fingerprint density at radius 3 is 1.77 bits per heavy atom. The van der Waals surface area contributed by atoms with Crippen molar-refractivity contribution in [2.24, 2.45) is 0 Å². The van der Waals surface area contributed by atoms with Crippen LogP contribution < -0.4 is 10.6 Å². The molecule has 1 fully saturated rings. The van der Waals surface area contributed by atoms with Crippen molar-refractivity contribution < 1.29 is 0 Å². The van der Waals surface area contributed by atoms with Gasteiger partial charge in [0.1, 0.15) is 0 Å². The molecular formula is C18H24N4. The Morgan fingerprint density at radius 2 is 1.32 bits per heavy atom. The van der Waals surface area contributed by atoms with Crippen LogP contribution in [-0.4, -0.2) is 15.6 Å². The Kier molecular flexibility index (Phi) is 5.14. The van der Waals surface area contributed by atoms with E-state index in [2.05, 4.69) is 32.7 Å². The first-order valence-electron chi connectivity index (χ1n) is 8.16. The van der Waals surface area contributed by atoms with Crippen molar-refractivity contribution in [3.8, 4) is 0 Å². The summed E-state index contributed by atoms with van der Waals surface area (Å²) in [4.78, 5) is 8.82. The maximum atomic E-state index is 4.41. The fourth-order valence-electron chi connectivity index (χ4n) is 3.10. The van der Waals surface area contributed by atoms with Crippen LogP contribution in [0.1, 0.15) is 43.5 Å². The lowest BCUT2D eigenvalue weighted by molar-refractivity contribution is 0.175. The van der Waals surface area contributed by atoms with Crippen LogP contribution in [0.3, 0.4) is 0 Å². The molecule has 0 unspecified atom stereocenters. The summed E-state index contributed by atoms with van der Waals surface area (Å²) in [5.41, 5.74) is 2.19. The van der Waals surface area contributed by atoms with Crippen molar-refractivity contribution in [3.05, 3.63) is 60.2 Å². The number of pyridine rings is 2. The zero-order chi connectivity index (χ0) is 15.1. The highest BCUT2D eigenvalue weighted by molar-refractivity contribution is 5.06. The molecule has 4 nitrogen and oxygen atoms in total. The summed E-state index contributed by atoms with van der Waals surface area (Å²) in [5.74, 6) is 0. The fourth-order valence-corrected chi connectivity index (χ4v) is 3.10. The smallest absolute Gasteiger partial charge is 0.0693 e. The first kappa shape index (κ1) is 15.1. The molecule has 0 spiro atoms.